The first kappa shape index (κ1) is 12.4. The number of hydrogen-bond acceptors (Lipinski definition) is 1. The van der Waals surface area contributed by atoms with Crippen molar-refractivity contribution >= 4 is 38.5 Å². The van der Waals surface area contributed by atoms with Gasteiger partial charge < -0.3 is 5.11 Å². The molecule has 0 unspecified atom stereocenters. The Morgan fingerprint density at radius 2 is 2.25 bits per heavy atom. The molecule has 0 aromatic carbocycles. The van der Waals surface area contributed by atoms with Gasteiger partial charge in [-0.1, -0.05) is 62.3 Å². The van der Waals surface area contributed by atoms with E-state index in [1.54, 1.807) is 11.1 Å². The largest absolute Gasteiger partial charge is 0.389 e. The molecular formula is C9H12BrIO. The van der Waals surface area contributed by atoms with E-state index in [2.05, 4.69) is 38.5 Å². The first-order valence-corrected chi connectivity index (χ1v) is 5.74. The van der Waals surface area contributed by atoms with Crippen molar-refractivity contribution in [3.05, 3.63) is 32.9 Å². The highest BCUT2D eigenvalue weighted by molar-refractivity contribution is 14.1. The van der Waals surface area contributed by atoms with Crippen molar-refractivity contribution < 1.29 is 5.11 Å². The molecule has 68 valence electrons. The van der Waals surface area contributed by atoms with Crippen LogP contribution < -0.4 is 0 Å². The zero-order valence-corrected chi connectivity index (χ0v) is 10.6. The fourth-order valence-electron chi connectivity index (χ4n) is 0.677. The number of aliphatic hydroxyl groups excluding tert-OH is 1. The summed E-state index contributed by atoms with van der Waals surface area (Å²) < 4.78 is 1.98. The van der Waals surface area contributed by atoms with Crippen LogP contribution in [-0.2, 0) is 0 Å². The fraction of sp³-hybridized carbons (Fsp3) is 0.333. The maximum absolute atomic E-state index is 9.40. The standard InChI is InChI=1S/C9H12BrIO/c1-8(7-11)6-9(12)4-2-3-5-10/h2-5,7,9,12H,6H2,1H3/b4-2+,5-3+,8-7+/t9-/m0/s1. The molecule has 0 saturated heterocycles. The van der Waals surface area contributed by atoms with Gasteiger partial charge in [0.25, 0.3) is 0 Å². The predicted octanol–water partition coefficient (Wildman–Crippen LogP) is 3.54. The molecule has 0 saturated carbocycles. The van der Waals surface area contributed by atoms with Crippen LogP contribution in [0, 0.1) is 0 Å². The van der Waals surface area contributed by atoms with Gasteiger partial charge in [-0.3, -0.25) is 0 Å². The molecule has 3 heteroatoms. The molecule has 0 aromatic heterocycles. The molecule has 0 rings (SSSR count). The van der Waals surface area contributed by atoms with Crippen LogP contribution in [0.1, 0.15) is 13.3 Å². The molecule has 0 radical (unpaired) electrons. The van der Waals surface area contributed by atoms with E-state index in [9.17, 15) is 5.11 Å². The zero-order chi connectivity index (χ0) is 9.40. The Balaban J connectivity index is 3.81. The van der Waals surface area contributed by atoms with E-state index in [-0.39, 0.29) is 6.10 Å². The van der Waals surface area contributed by atoms with Gasteiger partial charge in [0.05, 0.1) is 6.10 Å². The molecule has 0 amide bonds. The predicted molar refractivity (Wildman–Crippen MR) is 65.6 cm³/mol. The third kappa shape index (κ3) is 7.06. The second kappa shape index (κ2) is 8.01. The van der Waals surface area contributed by atoms with E-state index >= 15 is 0 Å². The van der Waals surface area contributed by atoms with Crippen molar-refractivity contribution in [3.8, 4) is 0 Å². The van der Waals surface area contributed by atoms with Crippen molar-refractivity contribution in [1.82, 2.24) is 0 Å². The van der Waals surface area contributed by atoms with Gasteiger partial charge in [0.15, 0.2) is 0 Å². The molecule has 0 aliphatic heterocycles. The summed E-state index contributed by atoms with van der Waals surface area (Å²) >= 11 is 5.31. The van der Waals surface area contributed by atoms with E-state index in [4.69, 9.17) is 0 Å². The summed E-state index contributed by atoms with van der Waals surface area (Å²) in [7, 11) is 0. The lowest BCUT2D eigenvalue weighted by atomic mass is 10.1. The molecule has 12 heavy (non-hydrogen) atoms. The van der Waals surface area contributed by atoms with Crippen LogP contribution >= 0.6 is 38.5 Å². The van der Waals surface area contributed by atoms with Gasteiger partial charge >= 0.3 is 0 Å². The maximum Gasteiger partial charge on any atom is 0.0761 e. The monoisotopic (exact) mass is 342 g/mol. The SMILES string of the molecule is C/C(=C\I)C[C@@H](O)/C=C/C=C/Br. The minimum atomic E-state index is -0.375. The lowest BCUT2D eigenvalue weighted by molar-refractivity contribution is 0.224. The fourth-order valence-corrected chi connectivity index (χ4v) is 1.11. The lowest BCUT2D eigenvalue weighted by Gasteiger charge is -2.03. The summed E-state index contributed by atoms with van der Waals surface area (Å²) in [6, 6.07) is 0. The summed E-state index contributed by atoms with van der Waals surface area (Å²) in [6.45, 7) is 2.00. The quantitative estimate of drug-likeness (QED) is 0.612. The summed E-state index contributed by atoms with van der Waals surface area (Å²) in [4.78, 5) is 1.75. The zero-order valence-electron chi connectivity index (χ0n) is 6.87. The maximum atomic E-state index is 9.40. The Bertz CT molecular complexity index is 197. The molecule has 1 N–H and O–H groups in total. The van der Waals surface area contributed by atoms with Crippen molar-refractivity contribution in [3.63, 3.8) is 0 Å². The molecule has 0 fully saturated rings. The summed E-state index contributed by atoms with van der Waals surface area (Å²) in [6.07, 6.45) is 5.74. The third-order valence-corrected chi connectivity index (χ3v) is 2.60. The molecule has 1 atom stereocenters. The molecule has 0 aliphatic rings. The Labute approximate surface area is 95.5 Å². The first-order chi connectivity index (χ1) is 5.70. The molecular weight excluding hydrogens is 331 g/mol. The second-order valence-corrected chi connectivity index (χ2v) is 3.58. The van der Waals surface area contributed by atoms with Gasteiger partial charge in [-0.05, 0) is 22.4 Å². The van der Waals surface area contributed by atoms with Gasteiger partial charge in [0.1, 0.15) is 0 Å². The number of halogens is 2. The van der Waals surface area contributed by atoms with Crippen molar-refractivity contribution in [2.75, 3.05) is 0 Å². The molecule has 0 spiro atoms. The average molecular weight is 343 g/mol. The molecule has 1 nitrogen and oxygen atoms in total. The van der Waals surface area contributed by atoms with Crippen LogP contribution in [0.25, 0.3) is 0 Å². The van der Waals surface area contributed by atoms with Gasteiger partial charge in [-0.2, -0.15) is 0 Å². The highest BCUT2D eigenvalue weighted by Gasteiger charge is 1.98. The minimum absolute atomic E-state index is 0.375. The highest BCUT2D eigenvalue weighted by atomic mass is 127. The Morgan fingerprint density at radius 3 is 2.75 bits per heavy atom. The van der Waals surface area contributed by atoms with Gasteiger partial charge in [0, 0.05) is 0 Å². The molecule has 0 aliphatic carbocycles. The van der Waals surface area contributed by atoms with Crippen LogP contribution in [0.5, 0.6) is 0 Å². The molecule has 0 aromatic rings. The normalized spacial score (nSPS) is 16.2. The van der Waals surface area contributed by atoms with Crippen molar-refractivity contribution in [2.45, 2.75) is 19.4 Å². The minimum Gasteiger partial charge on any atom is -0.389 e. The number of hydrogen-bond donors (Lipinski definition) is 1. The Kier molecular flexibility index (Phi) is 8.27. The van der Waals surface area contributed by atoms with Gasteiger partial charge in [-0.25, -0.2) is 0 Å². The van der Waals surface area contributed by atoms with E-state index in [0.29, 0.717) is 6.42 Å². The number of allylic oxidation sites excluding steroid dienone is 2. The Hall–Kier alpha value is 0.390. The smallest absolute Gasteiger partial charge is 0.0761 e. The molecule has 0 heterocycles. The summed E-state index contributed by atoms with van der Waals surface area (Å²) in [5.74, 6) is 0. The second-order valence-electron chi connectivity index (χ2n) is 2.43. The lowest BCUT2D eigenvalue weighted by Crippen LogP contribution is -2.01. The summed E-state index contributed by atoms with van der Waals surface area (Å²) in [5.41, 5.74) is 1.19. The van der Waals surface area contributed by atoms with Crippen LogP contribution in [0.15, 0.2) is 32.9 Å². The van der Waals surface area contributed by atoms with Gasteiger partial charge in [0.2, 0.25) is 0 Å². The number of aliphatic hydroxyl groups is 1. The third-order valence-electron chi connectivity index (χ3n) is 1.23. The summed E-state index contributed by atoms with van der Waals surface area (Å²) in [5, 5.41) is 9.40. The van der Waals surface area contributed by atoms with Crippen LogP contribution in [0.2, 0.25) is 0 Å². The van der Waals surface area contributed by atoms with E-state index in [1.807, 2.05) is 23.2 Å². The van der Waals surface area contributed by atoms with E-state index < -0.39 is 0 Å². The van der Waals surface area contributed by atoms with Gasteiger partial charge in [-0.15, -0.1) is 0 Å². The van der Waals surface area contributed by atoms with E-state index in [1.165, 1.54) is 5.57 Å². The van der Waals surface area contributed by atoms with E-state index in [0.717, 1.165) is 0 Å². The van der Waals surface area contributed by atoms with Crippen LogP contribution in [-0.4, -0.2) is 11.2 Å². The van der Waals surface area contributed by atoms with Crippen molar-refractivity contribution in [2.24, 2.45) is 0 Å². The highest BCUT2D eigenvalue weighted by Crippen LogP contribution is 2.07. The molecule has 0 bridgehead atoms. The van der Waals surface area contributed by atoms with Crippen LogP contribution in [0.4, 0.5) is 0 Å². The topological polar surface area (TPSA) is 20.2 Å². The first-order valence-electron chi connectivity index (χ1n) is 3.58. The average Bonchev–Trinajstić information content (AvgIpc) is 2.05. The van der Waals surface area contributed by atoms with Crippen LogP contribution in [0.3, 0.4) is 0 Å². The number of rotatable bonds is 4. The Morgan fingerprint density at radius 1 is 1.58 bits per heavy atom. The van der Waals surface area contributed by atoms with Crippen molar-refractivity contribution in [1.29, 1.82) is 0 Å².